The van der Waals surface area contributed by atoms with E-state index >= 15 is 0 Å². The summed E-state index contributed by atoms with van der Waals surface area (Å²) in [7, 11) is 0. The topological polar surface area (TPSA) is 17.3 Å². The van der Waals surface area contributed by atoms with Crippen LogP contribution in [-0.2, 0) is 0 Å². The number of fused-ring (bicyclic) bond motifs is 3. The maximum atomic E-state index is 4.64. The van der Waals surface area contributed by atoms with E-state index in [1.165, 1.54) is 16.6 Å². The van der Waals surface area contributed by atoms with E-state index in [1.807, 2.05) is 12.1 Å². The Hall–Kier alpha value is -1.35. The molecule has 0 saturated carbocycles. The van der Waals surface area contributed by atoms with Gasteiger partial charge in [0, 0.05) is 10.7 Å². The minimum Gasteiger partial charge on any atom is -0.298 e. The third-order valence-corrected chi connectivity index (χ3v) is 3.27. The molecule has 0 spiro atoms. The van der Waals surface area contributed by atoms with Gasteiger partial charge in [-0.3, -0.25) is 4.40 Å². The summed E-state index contributed by atoms with van der Waals surface area (Å²) in [6.07, 6.45) is 2.06. The second-order valence-electron chi connectivity index (χ2n) is 4.14. The van der Waals surface area contributed by atoms with Gasteiger partial charge >= 0.3 is 0 Å². The molecular weight excluding hydrogens is 264 g/mol. The van der Waals surface area contributed by atoms with Crippen LogP contribution in [0, 0.1) is 13.8 Å². The van der Waals surface area contributed by atoms with Crippen LogP contribution in [0.15, 0.2) is 34.9 Å². The van der Waals surface area contributed by atoms with Gasteiger partial charge in [-0.1, -0.05) is 6.07 Å². The number of pyridine rings is 1. The molecular formula is C13H11BrN2. The highest BCUT2D eigenvalue weighted by Crippen LogP contribution is 2.23. The first-order valence-electron chi connectivity index (χ1n) is 5.20. The fraction of sp³-hybridized carbons (Fsp3) is 0.154. The largest absolute Gasteiger partial charge is 0.298 e. The van der Waals surface area contributed by atoms with Gasteiger partial charge in [0.05, 0.1) is 11.0 Å². The number of aryl methyl sites for hydroxylation is 2. The number of imidazole rings is 1. The fourth-order valence-corrected chi connectivity index (χ4v) is 2.47. The maximum absolute atomic E-state index is 4.64. The second kappa shape index (κ2) is 3.32. The van der Waals surface area contributed by atoms with Crippen molar-refractivity contribution < 1.29 is 0 Å². The van der Waals surface area contributed by atoms with Crippen LogP contribution in [0.25, 0.3) is 16.7 Å². The number of rotatable bonds is 0. The van der Waals surface area contributed by atoms with Crippen LogP contribution in [0.5, 0.6) is 0 Å². The van der Waals surface area contributed by atoms with Crippen LogP contribution < -0.4 is 0 Å². The van der Waals surface area contributed by atoms with Crippen molar-refractivity contribution in [2.45, 2.75) is 13.8 Å². The zero-order valence-electron chi connectivity index (χ0n) is 9.16. The van der Waals surface area contributed by atoms with Gasteiger partial charge in [0.25, 0.3) is 0 Å². The summed E-state index contributed by atoms with van der Waals surface area (Å²) < 4.78 is 3.19. The first kappa shape index (κ1) is 9.85. The van der Waals surface area contributed by atoms with E-state index in [2.05, 4.69) is 57.5 Å². The van der Waals surface area contributed by atoms with Gasteiger partial charge in [-0.2, -0.15) is 0 Å². The first-order chi connectivity index (χ1) is 7.65. The van der Waals surface area contributed by atoms with Crippen molar-refractivity contribution in [1.29, 1.82) is 0 Å². The van der Waals surface area contributed by atoms with Gasteiger partial charge in [0.15, 0.2) is 0 Å². The Morgan fingerprint density at radius 3 is 2.81 bits per heavy atom. The minimum atomic E-state index is 0.993. The predicted octanol–water partition coefficient (Wildman–Crippen LogP) is 3.87. The molecule has 0 aliphatic carbocycles. The summed E-state index contributed by atoms with van der Waals surface area (Å²) in [6, 6.07) is 8.39. The number of nitrogens with zero attached hydrogens (tertiary/aromatic N) is 2. The standard InChI is InChI=1S/C13H11BrN2/c1-8-5-9(2)13-11(6-8)16-7-10(14)3-4-12(16)15-13/h3-7H,1-2H3. The van der Waals surface area contributed by atoms with Gasteiger partial charge < -0.3 is 0 Å². The van der Waals surface area contributed by atoms with E-state index in [4.69, 9.17) is 0 Å². The minimum absolute atomic E-state index is 0.993. The molecule has 0 fully saturated rings. The van der Waals surface area contributed by atoms with Crippen LogP contribution in [0.1, 0.15) is 11.1 Å². The summed E-state index contributed by atoms with van der Waals surface area (Å²) in [4.78, 5) is 4.64. The first-order valence-corrected chi connectivity index (χ1v) is 5.99. The number of hydrogen-bond donors (Lipinski definition) is 0. The Balaban J connectivity index is 2.57. The lowest BCUT2D eigenvalue weighted by molar-refractivity contribution is 1.21. The van der Waals surface area contributed by atoms with Crippen molar-refractivity contribution in [3.05, 3.63) is 46.1 Å². The Morgan fingerprint density at radius 1 is 1.19 bits per heavy atom. The third-order valence-electron chi connectivity index (χ3n) is 2.80. The summed E-state index contributed by atoms with van der Waals surface area (Å²) in [5.74, 6) is 0. The molecule has 2 nitrogen and oxygen atoms in total. The molecule has 80 valence electrons. The molecule has 0 aliphatic heterocycles. The van der Waals surface area contributed by atoms with Crippen LogP contribution in [0.4, 0.5) is 0 Å². The molecule has 0 unspecified atom stereocenters. The maximum Gasteiger partial charge on any atom is 0.137 e. The average molecular weight is 275 g/mol. The predicted molar refractivity (Wildman–Crippen MR) is 69.9 cm³/mol. The molecule has 16 heavy (non-hydrogen) atoms. The van der Waals surface area contributed by atoms with Gasteiger partial charge in [-0.25, -0.2) is 4.98 Å². The molecule has 2 heterocycles. The molecule has 2 aromatic heterocycles. The van der Waals surface area contributed by atoms with Crippen molar-refractivity contribution in [2.75, 3.05) is 0 Å². The molecule has 0 saturated heterocycles. The van der Waals surface area contributed by atoms with E-state index < -0.39 is 0 Å². The molecule has 0 atom stereocenters. The lowest BCUT2D eigenvalue weighted by atomic mass is 10.1. The molecule has 3 heteroatoms. The normalized spacial score (nSPS) is 11.4. The Kier molecular flexibility index (Phi) is 2.04. The van der Waals surface area contributed by atoms with Gasteiger partial charge in [-0.05, 0) is 59.1 Å². The van der Waals surface area contributed by atoms with E-state index in [9.17, 15) is 0 Å². The molecule has 0 bridgehead atoms. The van der Waals surface area contributed by atoms with E-state index in [-0.39, 0.29) is 0 Å². The lowest BCUT2D eigenvalue weighted by Crippen LogP contribution is -1.85. The number of benzene rings is 1. The molecule has 3 aromatic rings. The number of hydrogen-bond acceptors (Lipinski definition) is 1. The van der Waals surface area contributed by atoms with E-state index in [0.717, 1.165) is 15.6 Å². The van der Waals surface area contributed by atoms with Crippen LogP contribution in [0.2, 0.25) is 0 Å². The third kappa shape index (κ3) is 1.35. The summed E-state index contributed by atoms with van der Waals surface area (Å²) in [5.41, 5.74) is 5.76. The summed E-state index contributed by atoms with van der Waals surface area (Å²) >= 11 is 3.49. The number of halogens is 1. The van der Waals surface area contributed by atoms with Gasteiger partial charge in [0.2, 0.25) is 0 Å². The van der Waals surface area contributed by atoms with Crippen molar-refractivity contribution in [3.8, 4) is 0 Å². The highest BCUT2D eigenvalue weighted by atomic mass is 79.9. The zero-order valence-corrected chi connectivity index (χ0v) is 10.7. The number of aromatic nitrogens is 2. The lowest BCUT2D eigenvalue weighted by Gasteiger charge is -1.99. The molecule has 1 aromatic carbocycles. The van der Waals surface area contributed by atoms with Gasteiger partial charge in [-0.15, -0.1) is 0 Å². The van der Waals surface area contributed by atoms with Crippen LogP contribution >= 0.6 is 15.9 Å². The average Bonchev–Trinajstić information content (AvgIpc) is 2.57. The molecule has 0 amide bonds. The van der Waals surface area contributed by atoms with Crippen LogP contribution in [-0.4, -0.2) is 9.38 Å². The quantitative estimate of drug-likeness (QED) is 0.608. The zero-order chi connectivity index (χ0) is 11.3. The smallest absolute Gasteiger partial charge is 0.137 e. The van der Waals surface area contributed by atoms with E-state index in [0.29, 0.717) is 0 Å². The Morgan fingerprint density at radius 2 is 2.00 bits per heavy atom. The SMILES string of the molecule is Cc1cc(C)c2nc3ccc(Br)cn3c2c1. The van der Waals surface area contributed by atoms with Crippen molar-refractivity contribution in [3.63, 3.8) is 0 Å². The highest BCUT2D eigenvalue weighted by Gasteiger charge is 2.07. The molecule has 0 N–H and O–H groups in total. The van der Waals surface area contributed by atoms with Crippen molar-refractivity contribution in [1.82, 2.24) is 9.38 Å². The fourth-order valence-electron chi connectivity index (χ4n) is 2.13. The Bertz CT molecular complexity index is 698. The second-order valence-corrected chi connectivity index (χ2v) is 5.05. The van der Waals surface area contributed by atoms with E-state index in [1.54, 1.807) is 0 Å². The van der Waals surface area contributed by atoms with Crippen molar-refractivity contribution >= 4 is 32.6 Å². The highest BCUT2D eigenvalue weighted by molar-refractivity contribution is 9.10. The summed E-state index contributed by atoms with van der Waals surface area (Å²) in [5, 5.41) is 0. The molecule has 0 radical (unpaired) electrons. The van der Waals surface area contributed by atoms with Crippen LogP contribution in [0.3, 0.4) is 0 Å². The summed E-state index contributed by atoms with van der Waals surface area (Å²) in [6.45, 7) is 4.22. The monoisotopic (exact) mass is 274 g/mol. The molecule has 3 rings (SSSR count). The van der Waals surface area contributed by atoms with Crippen molar-refractivity contribution in [2.24, 2.45) is 0 Å². The molecule has 0 aliphatic rings. The Labute approximate surface area is 102 Å². The van der Waals surface area contributed by atoms with Gasteiger partial charge in [0.1, 0.15) is 5.65 Å².